The number of nitrogens with zero attached hydrogens (tertiary/aromatic N) is 3. The molecule has 1 aliphatic rings. The smallest absolute Gasteiger partial charge is 0.418 e. The zero-order chi connectivity index (χ0) is 19.2. The van der Waals surface area contributed by atoms with Crippen LogP contribution in [-0.2, 0) is 6.18 Å². The summed E-state index contributed by atoms with van der Waals surface area (Å²) in [5.41, 5.74) is -0.715. The third-order valence-corrected chi connectivity index (χ3v) is 4.87. The summed E-state index contributed by atoms with van der Waals surface area (Å²) in [6.07, 6.45) is -3.23. The monoisotopic (exact) mass is 396 g/mol. The number of oxazole rings is 1. The number of benzene rings is 1. The van der Waals surface area contributed by atoms with E-state index in [1.54, 1.807) is 12.1 Å². The topological polar surface area (TPSA) is 54.2 Å². The first kappa shape index (κ1) is 18.1. The summed E-state index contributed by atoms with van der Waals surface area (Å²) in [6, 6.07) is 6.33. The van der Waals surface area contributed by atoms with Gasteiger partial charge in [-0.15, -0.1) is 0 Å². The number of piperazine rings is 1. The Labute approximate surface area is 158 Å². The number of fused-ring (bicyclic) bond motifs is 1. The van der Waals surface area contributed by atoms with Crippen molar-refractivity contribution in [3.8, 4) is 11.3 Å². The summed E-state index contributed by atoms with van der Waals surface area (Å²) >= 11 is 6.01. The Morgan fingerprint density at radius 2 is 2.15 bits per heavy atom. The summed E-state index contributed by atoms with van der Waals surface area (Å²) in [5, 5.41) is 2.83. The number of hydrogen-bond donors (Lipinski definition) is 1. The van der Waals surface area contributed by atoms with Crippen LogP contribution < -0.4 is 10.2 Å². The highest BCUT2D eigenvalue weighted by molar-refractivity contribution is 6.33. The summed E-state index contributed by atoms with van der Waals surface area (Å²) in [4.78, 5) is 10.4. The normalized spacial score (nSPS) is 18.3. The van der Waals surface area contributed by atoms with Crippen LogP contribution in [0.15, 0.2) is 34.9 Å². The molecule has 0 spiro atoms. The largest absolute Gasteiger partial charge is 0.423 e. The molecule has 0 aliphatic carbocycles. The molecular formula is C18H16ClF3N4O. The first-order valence-corrected chi connectivity index (χ1v) is 8.83. The van der Waals surface area contributed by atoms with E-state index in [-0.39, 0.29) is 34.4 Å². The lowest BCUT2D eigenvalue weighted by molar-refractivity contribution is -0.136. The molecule has 9 heteroatoms. The second kappa shape index (κ2) is 6.69. The van der Waals surface area contributed by atoms with E-state index in [1.807, 2.05) is 11.8 Å². The fraction of sp³-hybridized carbons (Fsp3) is 0.333. The number of alkyl halides is 3. The molecule has 0 saturated carbocycles. The first-order valence-electron chi connectivity index (χ1n) is 8.45. The van der Waals surface area contributed by atoms with Gasteiger partial charge in [-0.1, -0.05) is 17.7 Å². The van der Waals surface area contributed by atoms with Crippen LogP contribution in [-0.4, -0.2) is 35.6 Å². The Kier molecular flexibility index (Phi) is 4.47. The first-order chi connectivity index (χ1) is 12.9. The van der Waals surface area contributed by atoms with Crippen LogP contribution in [0.25, 0.3) is 22.4 Å². The minimum Gasteiger partial charge on any atom is -0.423 e. The Morgan fingerprint density at radius 1 is 1.33 bits per heavy atom. The average molecular weight is 397 g/mol. The molecular weight excluding hydrogens is 381 g/mol. The molecule has 0 bridgehead atoms. The third kappa shape index (κ3) is 3.23. The molecule has 1 saturated heterocycles. The maximum absolute atomic E-state index is 13.8. The predicted molar refractivity (Wildman–Crippen MR) is 96.9 cm³/mol. The number of rotatable bonds is 2. The van der Waals surface area contributed by atoms with Crippen LogP contribution in [0.1, 0.15) is 12.5 Å². The maximum Gasteiger partial charge on any atom is 0.418 e. The van der Waals surface area contributed by atoms with E-state index in [9.17, 15) is 13.2 Å². The Hall–Kier alpha value is -2.32. The van der Waals surface area contributed by atoms with Crippen molar-refractivity contribution < 1.29 is 17.6 Å². The minimum atomic E-state index is -4.66. The third-order valence-electron chi connectivity index (χ3n) is 4.57. The zero-order valence-corrected chi connectivity index (χ0v) is 15.1. The summed E-state index contributed by atoms with van der Waals surface area (Å²) < 4.78 is 47.1. The molecule has 0 amide bonds. The molecule has 3 aromatic rings. The molecule has 1 aliphatic heterocycles. The van der Waals surface area contributed by atoms with Crippen LogP contribution in [0.2, 0.25) is 5.02 Å². The number of pyridine rings is 1. The zero-order valence-electron chi connectivity index (χ0n) is 14.3. The van der Waals surface area contributed by atoms with Gasteiger partial charge in [0.05, 0.1) is 21.8 Å². The minimum absolute atomic E-state index is 0.0335. The highest BCUT2D eigenvalue weighted by atomic mass is 35.5. The van der Waals surface area contributed by atoms with Gasteiger partial charge in [-0.3, -0.25) is 4.98 Å². The standard InChI is InChI=1S/C18H16ClF3N4O/c1-10-9-23-6-7-26(10)17-25-13-8-11(19)15(18(20,21)22)14(16(13)27-17)12-4-2-3-5-24-12/h2-5,8,10,23H,6-7,9H2,1H3. The molecule has 1 atom stereocenters. The fourth-order valence-electron chi connectivity index (χ4n) is 3.30. The highest BCUT2D eigenvalue weighted by Crippen LogP contribution is 2.45. The summed E-state index contributed by atoms with van der Waals surface area (Å²) in [5.74, 6) is 0. The van der Waals surface area contributed by atoms with Crippen LogP contribution >= 0.6 is 11.6 Å². The van der Waals surface area contributed by atoms with Gasteiger partial charge < -0.3 is 14.6 Å². The van der Waals surface area contributed by atoms with E-state index in [2.05, 4.69) is 15.3 Å². The maximum atomic E-state index is 13.8. The van der Waals surface area contributed by atoms with Crippen molar-refractivity contribution in [1.29, 1.82) is 0 Å². The fourth-order valence-corrected chi connectivity index (χ4v) is 3.61. The predicted octanol–water partition coefficient (Wildman–Crippen LogP) is 4.36. The van der Waals surface area contributed by atoms with Crippen molar-refractivity contribution in [3.05, 3.63) is 41.0 Å². The second-order valence-corrected chi connectivity index (χ2v) is 6.82. The molecule has 1 aromatic carbocycles. The van der Waals surface area contributed by atoms with Crippen LogP contribution in [0.3, 0.4) is 0 Å². The molecule has 142 valence electrons. The molecule has 1 fully saturated rings. The molecule has 0 radical (unpaired) electrons. The number of aromatic nitrogens is 2. The van der Waals surface area contributed by atoms with Crippen LogP contribution in [0.4, 0.5) is 19.2 Å². The quantitative estimate of drug-likeness (QED) is 0.697. The summed E-state index contributed by atoms with van der Waals surface area (Å²) in [6.45, 7) is 4.12. The molecule has 3 heterocycles. The number of anilines is 1. The molecule has 5 nitrogen and oxygen atoms in total. The summed E-state index contributed by atoms with van der Waals surface area (Å²) in [7, 11) is 0. The van der Waals surface area contributed by atoms with E-state index < -0.39 is 16.8 Å². The van der Waals surface area contributed by atoms with Gasteiger partial charge in [-0.25, -0.2) is 0 Å². The Morgan fingerprint density at radius 3 is 2.81 bits per heavy atom. The molecule has 4 rings (SSSR count). The van der Waals surface area contributed by atoms with Gasteiger partial charge in [0.15, 0.2) is 5.58 Å². The second-order valence-electron chi connectivity index (χ2n) is 6.41. The van der Waals surface area contributed by atoms with Crippen molar-refractivity contribution in [3.63, 3.8) is 0 Å². The number of hydrogen-bond acceptors (Lipinski definition) is 5. The molecule has 1 N–H and O–H groups in total. The van der Waals surface area contributed by atoms with Crippen molar-refractivity contribution in [2.24, 2.45) is 0 Å². The van der Waals surface area contributed by atoms with E-state index >= 15 is 0 Å². The average Bonchev–Trinajstić information content (AvgIpc) is 3.04. The van der Waals surface area contributed by atoms with Crippen molar-refractivity contribution in [2.75, 3.05) is 24.5 Å². The lowest BCUT2D eigenvalue weighted by Crippen LogP contribution is -2.50. The number of halogens is 4. The highest BCUT2D eigenvalue weighted by Gasteiger charge is 2.39. The van der Waals surface area contributed by atoms with E-state index in [1.165, 1.54) is 18.3 Å². The van der Waals surface area contributed by atoms with Crippen molar-refractivity contribution >= 4 is 28.7 Å². The van der Waals surface area contributed by atoms with Crippen molar-refractivity contribution in [1.82, 2.24) is 15.3 Å². The Balaban J connectivity index is 1.98. The lowest BCUT2D eigenvalue weighted by Gasteiger charge is -2.32. The Bertz CT molecular complexity index is 974. The van der Waals surface area contributed by atoms with Crippen LogP contribution in [0, 0.1) is 0 Å². The van der Waals surface area contributed by atoms with Gasteiger partial charge >= 0.3 is 6.18 Å². The van der Waals surface area contributed by atoms with E-state index in [4.69, 9.17) is 16.0 Å². The molecule has 27 heavy (non-hydrogen) atoms. The van der Waals surface area contributed by atoms with Crippen molar-refractivity contribution in [2.45, 2.75) is 19.1 Å². The van der Waals surface area contributed by atoms with Gasteiger partial charge in [-0.05, 0) is 25.1 Å². The van der Waals surface area contributed by atoms with Gasteiger partial charge in [0, 0.05) is 31.9 Å². The van der Waals surface area contributed by atoms with Gasteiger partial charge in [-0.2, -0.15) is 18.2 Å². The van der Waals surface area contributed by atoms with Gasteiger partial charge in [0.25, 0.3) is 6.01 Å². The SMILES string of the molecule is CC1CNCCN1c1nc2cc(Cl)c(C(F)(F)F)c(-c3ccccn3)c2o1. The lowest BCUT2D eigenvalue weighted by atomic mass is 10.0. The molecule has 2 aromatic heterocycles. The van der Waals surface area contributed by atoms with E-state index in [0.717, 1.165) is 13.1 Å². The number of nitrogens with one attached hydrogen (secondary N) is 1. The van der Waals surface area contributed by atoms with Gasteiger partial charge in [0.1, 0.15) is 5.52 Å². The molecule has 1 unspecified atom stereocenters. The van der Waals surface area contributed by atoms with Crippen LogP contribution in [0.5, 0.6) is 0 Å². The van der Waals surface area contributed by atoms with E-state index in [0.29, 0.717) is 6.54 Å². The van der Waals surface area contributed by atoms with Gasteiger partial charge in [0.2, 0.25) is 0 Å².